The predicted molar refractivity (Wildman–Crippen MR) is 73.3 cm³/mol. The molecule has 6 heteroatoms. The molecule has 0 saturated heterocycles. The van der Waals surface area contributed by atoms with Crippen molar-refractivity contribution >= 4 is 23.2 Å². The SMILES string of the molecule is Cc1noc(C)c1CNc1ccc(Cl)cc1C(N)=O. The number of carbonyl (C=O) groups excluding carboxylic acids is 1. The zero-order chi connectivity index (χ0) is 14.0. The lowest BCUT2D eigenvalue weighted by molar-refractivity contribution is 0.100. The van der Waals surface area contributed by atoms with Crippen LogP contribution in [0.25, 0.3) is 0 Å². The second-order valence-corrected chi connectivity index (χ2v) is 4.65. The number of primary amides is 1. The number of nitrogens with one attached hydrogen (secondary N) is 1. The molecule has 0 radical (unpaired) electrons. The van der Waals surface area contributed by atoms with Crippen LogP contribution in [0.2, 0.25) is 5.02 Å². The van der Waals surface area contributed by atoms with Crippen LogP contribution in [0.15, 0.2) is 22.7 Å². The van der Waals surface area contributed by atoms with Crippen LogP contribution in [0.4, 0.5) is 5.69 Å². The number of benzene rings is 1. The summed E-state index contributed by atoms with van der Waals surface area (Å²) in [6.07, 6.45) is 0. The third-order valence-corrected chi connectivity index (χ3v) is 3.12. The first-order valence-corrected chi connectivity index (χ1v) is 6.12. The van der Waals surface area contributed by atoms with E-state index in [0.29, 0.717) is 22.8 Å². The molecule has 0 fully saturated rings. The number of carbonyl (C=O) groups is 1. The van der Waals surface area contributed by atoms with Gasteiger partial charge in [-0.3, -0.25) is 4.79 Å². The average Bonchev–Trinajstić information content (AvgIpc) is 2.68. The number of aryl methyl sites for hydroxylation is 2. The molecule has 1 heterocycles. The quantitative estimate of drug-likeness (QED) is 0.901. The summed E-state index contributed by atoms with van der Waals surface area (Å²) in [4.78, 5) is 11.4. The van der Waals surface area contributed by atoms with Gasteiger partial charge in [0, 0.05) is 22.8 Å². The van der Waals surface area contributed by atoms with Crippen molar-refractivity contribution in [2.75, 3.05) is 5.32 Å². The molecule has 0 bridgehead atoms. The van der Waals surface area contributed by atoms with E-state index in [0.717, 1.165) is 17.0 Å². The maximum atomic E-state index is 11.4. The van der Waals surface area contributed by atoms with Crippen molar-refractivity contribution in [2.24, 2.45) is 5.73 Å². The Morgan fingerprint density at radius 2 is 2.21 bits per heavy atom. The normalized spacial score (nSPS) is 10.5. The molecule has 0 aliphatic heterocycles. The molecular formula is C13H14ClN3O2. The molecule has 1 aromatic carbocycles. The van der Waals surface area contributed by atoms with E-state index in [1.807, 2.05) is 13.8 Å². The van der Waals surface area contributed by atoms with Gasteiger partial charge in [0.25, 0.3) is 5.91 Å². The Morgan fingerprint density at radius 1 is 1.47 bits per heavy atom. The molecule has 0 atom stereocenters. The van der Waals surface area contributed by atoms with Crippen LogP contribution in [0.5, 0.6) is 0 Å². The average molecular weight is 280 g/mol. The first-order valence-electron chi connectivity index (χ1n) is 5.74. The number of hydrogen-bond acceptors (Lipinski definition) is 4. The summed E-state index contributed by atoms with van der Waals surface area (Å²) < 4.78 is 5.08. The number of anilines is 1. The molecular weight excluding hydrogens is 266 g/mol. The van der Waals surface area contributed by atoms with Gasteiger partial charge in [0.2, 0.25) is 0 Å². The highest BCUT2D eigenvalue weighted by Crippen LogP contribution is 2.22. The minimum absolute atomic E-state index is 0.360. The maximum Gasteiger partial charge on any atom is 0.250 e. The van der Waals surface area contributed by atoms with Gasteiger partial charge in [0.05, 0.1) is 11.3 Å². The fraction of sp³-hybridized carbons (Fsp3) is 0.231. The van der Waals surface area contributed by atoms with Crippen molar-refractivity contribution in [1.82, 2.24) is 5.16 Å². The highest BCUT2D eigenvalue weighted by molar-refractivity contribution is 6.31. The van der Waals surface area contributed by atoms with E-state index in [9.17, 15) is 4.79 Å². The van der Waals surface area contributed by atoms with Crippen molar-refractivity contribution in [3.05, 3.63) is 45.8 Å². The largest absolute Gasteiger partial charge is 0.380 e. The standard InChI is InChI=1S/C13H14ClN3O2/c1-7-11(8(2)19-17-7)6-16-12-4-3-9(14)5-10(12)13(15)18/h3-5,16H,6H2,1-2H3,(H2,15,18). The Hall–Kier alpha value is -2.01. The van der Waals surface area contributed by atoms with Gasteiger partial charge in [0.1, 0.15) is 5.76 Å². The molecule has 19 heavy (non-hydrogen) atoms. The zero-order valence-corrected chi connectivity index (χ0v) is 11.4. The monoisotopic (exact) mass is 279 g/mol. The lowest BCUT2D eigenvalue weighted by Gasteiger charge is -2.10. The first-order chi connectivity index (χ1) is 8.99. The predicted octanol–water partition coefficient (Wildman–Crippen LogP) is 2.66. The van der Waals surface area contributed by atoms with Gasteiger partial charge >= 0.3 is 0 Å². The first kappa shape index (κ1) is 13.4. The summed E-state index contributed by atoms with van der Waals surface area (Å²) in [5, 5.41) is 7.49. The van der Waals surface area contributed by atoms with Gasteiger partial charge in [-0.1, -0.05) is 16.8 Å². The summed E-state index contributed by atoms with van der Waals surface area (Å²) in [5.74, 6) is 0.225. The number of rotatable bonds is 4. The highest BCUT2D eigenvalue weighted by Gasteiger charge is 2.12. The fourth-order valence-corrected chi connectivity index (χ4v) is 1.98. The Balaban J connectivity index is 2.23. The second-order valence-electron chi connectivity index (χ2n) is 4.21. The van der Waals surface area contributed by atoms with Crippen LogP contribution in [-0.4, -0.2) is 11.1 Å². The van der Waals surface area contributed by atoms with E-state index < -0.39 is 5.91 Å². The van der Waals surface area contributed by atoms with Crippen LogP contribution in [-0.2, 0) is 6.54 Å². The van der Waals surface area contributed by atoms with Crippen LogP contribution < -0.4 is 11.1 Å². The number of aromatic nitrogens is 1. The van der Waals surface area contributed by atoms with Gasteiger partial charge < -0.3 is 15.6 Å². The van der Waals surface area contributed by atoms with Crippen molar-refractivity contribution < 1.29 is 9.32 Å². The number of halogens is 1. The van der Waals surface area contributed by atoms with Crippen molar-refractivity contribution in [1.29, 1.82) is 0 Å². The summed E-state index contributed by atoms with van der Waals surface area (Å²) in [5.41, 5.74) is 8.10. The molecule has 0 unspecified atom stereocenters. The van der Waals surface area contributed by atoms with Gasteiger partial charge in [-0.15, -0.1) is 0 Å². The van der Waals surface area contributed by atoms with Gasteiger partial charge in [-0.05, 0) is 32.0 Å². The summed E-state index contributed by atoms with van der Waals surface area (Å²) in [6.45, 7) is 4.21. The van der Waals surface area contributed by atoms with Crippen LogP contribution >= 0.6 is 11.6 Å². The van der Waals surface area contributed by atoms with E-state index in [-0.39, 0.29) is 0 Å². The molecule has 0 spiro atoms. The molecule has 5 nitrogen and oxygen atoms in total. The molecule has 1 aromatic heterocycles. The molecule has 100 valence electrons. The summed E-state index contributed by atoms with van der Waals surface area (Å²) in [6, 6.07) is 4.96. The van der Waals surface area contributed by atoms with Crippen molar-refractivity contribution in [3.8, 4) is 0 Å². The summed E-state index contributed by atoms with van der Waals surface area (Å²) >= 11 is 5.85. The van der Waals surface area contributed by atoms with Gasteiger partial charge in [-0.2, -0.15) is 0 Å². The van der Waals surface area contributed by atoms with Gasteiger partial charge in [-0.25, -0.2) is 0 Å². The lowest BCUT2D eigenvalue weighted by Crippen LogP contribution is -2.14. The second kappa shape index (κ2) is 5.32. The van der Waals surface area contributed by atoms with Crippen LogP contribution in [0.3, 0.4) is 0 Å². The minimum atomic E-state index is -0.524. The number of amides is 1. The van der Waals surface area contributed by atoms with E-state index in [4.69, 9.17) is 21.9 Å². The molecule has 0 aliphatic rings. The molecule has 0 aliphatic carbocycles. The van der Waals surface area contributed by atoms with Crippen LogP contribution in [0, 0.1) is 13.8 Å². The highest BCUT2D eigenvalue weighted by atomic mass is 35.5. The maximum absolute atomic E-state index is 11.4. The lowest BCUT2D eigenvalue weighted by atomic mass is 10.1. The number of hydrogen-bond donors (Lipinski definition) is 2. The number of nitrogens with zero attached hydrogens (tertiary/aromatic N) is 1. The smallest absolute Gasteiger partial charge is 0.250 e. The van der Waals surface area contributed by atoms with E-state index in [1.54, 1.807) is 18.2 Å². The Labute approximate surface area is 115 Å². The third kappa shape index (κ3) is 2.88. The fourth-order valence-electron chi connectivity index (χ4n) is 1.81. The van der Waals surface area contributed by atoms with Crippen molar-refractivity contribution in [3.63, 3.8) is 0 Å². The van der Waals surface area contributed by atoms with Crippen LogP contribution in [0.1, 0.15) is 27.4 Å². The molecule has 0 saturated carbocycles. The Bertz CT molecular complexity index is 603. The Morgan fingerprint density at radius 3 is 2.79 bits per heavy atom. The molecule has 3 N–H and O–H groups in total. The molecule has 2 rings (SSSR count). The zero-order valence-electron chi connectivity index (χ0n) is 10.7. The van der Waals surface area contributed by atoms with Gasteiger partial charge in [0.15, 0.2) is 0 Å². The molecule has 2 aromatic rings. The Kier molecular flexibility index (Phi) is 3.76. The van der Waals surface area contributed by atoms with E-state index in [1.165, 1.54) is 0 Å². The van der Waals surface area contributed by atoms with E-state index in [2.05, 4.69) is 10.5 Å². The number of nitrogens with two attached hydrogens (primary N) is 1. The molecule has 1 amide bonds. The topological polar surface area (TPSA) is 81.2 Å². The van der Waals surface area contributed by atoms with Crippen molar-refractivity contribution in [2.45, 2.75) is 20.4 Å². The summed E-state index contributed by atoms with van der Waals surface area (Å²) in [7, 11) is 0. The van der Waals surface area contributed by atoms with E-state index >= 15 is 0 Å². The minimum Gasteiger partial charge on any atom is -0.380 e. The third-order valence-electron chi connectivity index (χ3n) is 2.88.